The number of ether oxygens (including phenoxy) is 1. The summed E-state index contributed by atoms with van der Waals surface area (Å²) in [5.74, 6) is 0.478. The summed E-state index contributed by atoms with van der Waals surface area (Å²) in [6.07, 6.45) is 4.04. The Morgan fingerprint density at radius 2 is 2.29 bits per heavy atom. The SMILES string of the molecule is COC(=O)C(C)[C@H](c1ccnc(Cl)c1)C1CC1. The van der Waals surface area contributed by atoms with E-state index in [4.69, 9.17) is 16.3 Å². The van der Waals surface area contributed by atoms with E-state index in [0.717, 1.165) is 5.56 Å². The highest BCUT2D eigenvalue weighted by molar-refractivity contribution is 6.29. The molecule has 1 heterocycles. The third-order valence-electron chi connectivity index (χ3n) is 3.38. The summed E-state index contributed by atoms with van der Waals surface area (Å²) < 4.78 is 4.84. The van der Waals surface area contributed by atoms with Crippen molar-refractivity contribution in [2.45, 2.75) is 25.7 Å². The van der Waals surface area contributed by atoms with Gasteiger partial charge in [0.05, 0.1) is 13.0 Å². The Morgan fingerprint density at radius 3 is 2.82 bits per heavy atom. The van der Waals surface area contributed by atoms with Gasteiger partial charge >= 0.3 is 5.97 Å². The van der Waals surface area contributed by atoms with Crippen LogP contribution in [0.3, 0.4) is 0 Å². The minimum absolute atomic E-state index is 0.133. The van der Waals surface area contributed by atoms with Gasteiger partial charge in [0.2, 0.25) is 0 Å². The van der Waals surface area contributed by atoms with Gasteiger partial charge in [-0.3, -0.25) is 4.79 Å². The van der Waals surface area contributed by atoms with Crippen molar-refractivity contribution in [1.82, 2.24) is 4.98 Å². The lowest BCUT2D eigenvalue weighted by molar-refractivity contribution is -0.145. The molecule has 1 aliphatic rings. The molecule has 2 atom stereocenters. The summed E-state index contributed by atoms with van der Waals surface area (Å²) in [5, 5.41) is 0.477. The highest BCUT2D eigenvalue weighted by atomic mass is 35.5. The van der Waals surface area contributed by atoms with Gasteiger partial charge in [-0.05, 0) is 42.4 Å². The first-order valence-corrected chi connectivity index (χ1v) is 6.20. The lowest BCUT2D eigenvalue weighted by atomic mass is 9.84. The molecule has 1 aliphatic carbocycles. The lowest BCUT2D eigenvalue weighted by Gasteiger charge is -2.22. The van der Waals surface area contributed by atoms with E-state index in [-0.39, 0.29) is 17.8 Å². The Bertz CT molecular complexity index is 418. The van der Waals surface area contributed by atoms with Crippen molar-refractivity contribution < 1.29 is 9.53 Å². The van der Waals surface area contributed by atoms with Crippen LogP contribution in [0.15, 0.2) is 18.3 Å². The van der Waals surface area contributed by atoms with E-state index in [1.165, 1.54) is 20.0 Å². The number of hydrogen-bond acceptors (Lipinski definition) is 3. The molecule has 0 spiro atoms. The Balaban J connectivity index is 2.26. The van der Waals surface area contributed by atoms with E-state index in [1.54, 1.807) is 6.20 Å². The molecule has 0 saturated heterocycles. The van der Waals surface area contributed by atoms with Crippen LogP contribution in [-0.2, 0) is 9.53 Å². The minimum Gasteiger partial charge on any atom is -0.469 e. The van der Waals surface area contributed by atoms with Crippen LogP contribution in [0.1, 0.15) is 31.2 Å². The number of rotatable bonds is 4. The van der Waals surface area contributed by atoms with Crippen molar-refractivity contribution in [3.63, 3.8) is 0 Å². The monoisotopic (exact) mass is 253 g/mol. The van der Waals surface area contributed by atoms with Crippen LogP contribution < -0.4 is 0 Å². The molecule has 1 saturated carbocycles. The molecule has 2 rings (SSSR count). The number of esters is 1. The van der Waals surface area contributed by atoms with Gasteiger partial charge in [-0.2, -0.15) is 0 Å². The number of methoxy groups -OCH3 is 1. The van der Waals surface area contributed by atoms with Crippen molar-refractivity contribution in [3.05, 3.63) is 29.0 Å². The fraction of sp³-hybridized carbons (Fsp3) is 0.538. The average Bonchev–Trinajstić information content (AvgIpc) is 3.12. The summed E-state index contributed by atoms with van der Waals surface area (Å²) in [7, 11) is 1.43. The zero-order valence-electron chi connectivity index (χ0n) is 10.0. The van der Waals surface area contributed by atoms with Gasteiger partial charge in [0.1, 0.15) is 5.15 Å². The maximum atomic E-state index is 11.7. The average molecular weight is 254 g/mol. The Hall–Kier alpha value is -1.09. The molecule has 4 heteroatoms. The second-order valence-electron chi connectivity index (χ2n) is 4.59. The molecule has 1 unspecified atom stereocenters. The van der Waals surface area contributed by atoms with Gasteiger partial charge in [0.15, 0.2) is 0 Å². The van der Waals surface area contributed by atoms with Crippen LogP contribution in [0, 0.1) is 11.8 Å². The normalized spacial score (nSPS) is 18.5. The van der Waals surface area contributed by atoms with Crippen LogP contribution >= 0.6 is 11.6 Å². The molecule has 1 aromatic heterocycles. The summed E-state index contributed by atoms with van der Waals surface area (Å²) >= 11 is 5.90. The van der Waals surface area contributed by atoms with Gasteiger partial charge in [-0.15, -0.1) is 0 Å². The van der Waals surface area contributed by atoms with Crippen LogP contribution in [0.2, 0.25) is 5.15 Å². The molecule has 0 bridgehead atoms. The molecule has 3 nitrogen and oxygen atoms in total. The first-order chi connectivity index (χ1) is 8.13. The van der Waals surface area contributed by atoms with Gasteiger partial charge < -0.3 is 4.74 Å². The number of pyridine rings is 1. The number of carbonyl (C=O) groups is 1. The molecule has 0 N–H and O–H groups in total. The van der Waals surface area contributed by atoms with Crippen molar-refractivity contribution >= 4 is 17.6 Å². The molecule has 17 heavy (non-hydrogen) atoms. The maximum absolute atomic E-state index is 11.7. The first kappa shape index (κ1) is 12.4. The number of carbonyl (C=O) groups excluding carboxylic acids is 1. The molecular formula is C13H16ClNO2. The lowest BCUT2D eigenvalue weighted by Crippen LogP contribution is -2.22. The van der Waals surface area contributed by atoms with Crippen molar-refractivity contribution in [3.8, 4) is 0 Å². The third kappa shape index (κ3) is 2.78. The van der Waals surface area contributed by atoms with E-state index in [9.17, 15) is 4.79 Å². The molecule has 1 fully saturated rings. The molecule has 0 aliphatic heterocycles. The second-order valence-corrected chi connectivity index (χ2v) is 4.97. The van der Waals surface area contributed by atoms with E-state index in [2.05, 4.69) is 4.98 Å². The molecule has 0 aromatic carbocycles. The predicted octanol–water partition coefficient (Wildman–Crippen LogP) is 3.04. The van der Waals surface area contributed by atoms with Gasteiger partial charge in [-0.25, -0.2) is 4.98 Å². The number of halogens is 1. The molecule has 92 valence electrons. The van der Waals surface area contributed by atoms with Crippen molar-refractivity contribution in [2.75, 3.05) is 7.11 Å². The predicted molar refractivity (Wildman–Crippen MR) is 65.9 cm³/mol. The van der Waals surface area contributed by atoms with E-state index >= 15 is 0 Å². The minimum atomic E-state index is -0.158. The second kappa shape index (κ2) is 5.05. The number of nitrogens with zero attached hydrogens (tertiary/aromatic N) is 1. The Kier molecular flexibility index (Phi) is 3.67. The van der Waals surface area contributed by atoms with Gasteiger partial charge in [0, 0.05) is 6.20 Å². The van der Waals surface area contributed by atoms with E-state index < -0.39 is 0 Å². The van der Waals surface area contributed by atoms with Gasteiger partial charge in [-0.1, -0.05) is 18.5 Å². The summed E-state index contributed by atoms with van der Waals surface area (Å²) in [4.78, 5) is 15.6. The topological polar surface area (TPSA) is 39.2 Å². The Labute approximate surface area is 106 Å². The third-order valence-corrected chi connectivity index (χ3v) is 3.58. The largest absolute Gasteiger partial charge is 0.469 e. The van der Waals surface area contributed by atoms with Crippen molar-refractivity contribution in [2.24, 2.45) is 11.8 Å². The highest BCUT2D eigenvalue weighted by Crippen LogP contribution is 2.47. The molecule has 0 radical (unpaired) electrons. The summed E-state index contributed by atoms with van der Waals surface area (Å²) in [6, 6.07) is 3.79. The van der Waals surface area contributed by atoms with Crippen molar-refractivity contribution in [1.29, 1.82) is 0 Å². The zero-order valence-corrected chi connectivity index (χ0v) is 10.8. The first-order valence-electron chi connectivity index (χ1n) is 5.82. The summed E-state index contributed by atoms with van der Waals surface area (Å²) in [6.45, 7) is 1.92. The molecule has 1 aromatic rings. The summed E-state index contributed by atoms with van der Waals surface area (Å²) in [5.41, 5.74) is 1.09. The van der Waals surface area contributed by atoms with E-state index in [0.29, 0.717) is 11.1 Å². The van der Waals surface area contributed by atoms with E-state index in [1.807, 2.05) is 19.1 Å². The van der Waals surface area contributed by atoms with Crippen LogP contribution in [0.4, 0.5) is 0 Å². The quantitative estimate of drug-likeness (QED) is 0.612. The number of hydrogen-bond donors (Lipinski definition) is 0. The van der Waals surface area contributed by atoms with Crippen LogP contribution in [0.5, 0.6) is 0 Å². The fourth-order valence-electron chi connectivity index (χ4n) is 2.38. The van der Waals surface area contributed by atoms with Crippen LogP contribution in [-0.4, -0.2) is 18.1 Å². The standard InChI is InChI=1S/C13H16ClNO2/c1-8(13(16)17-2)12(9-3-4-9)10-5-6-15-11(14)7-10/h5-9,12H,3-4H2,1-2H3/t8?,12-/m0/s1. The molecule has 0 amide bonds. The smallest absolute Gasteiger partial charge is 0.309 e. The highest BCUT2D eigenvalue weighted by Gasteiger charge is 2.39. The maximum Gasteiger partial charge on any atom is 0.309 e. The molecular weight excluding hydrogens is 238 g/mol. The van der Waals surface area contributed by atoms with Gasteiger partial charge in [0.25, 0.3) is 0 Å². The van der Waals surface area contributed by atoms with Crippen LogP contribution in [0.25, 0.3) is 0 Å². The Morgan fingerprint density at radius 1 is 1.59 bits per heavy atom. The zero-order chi connectivity index (χ0) is 12.4. The number of aromatic nitrogens is 1. The fourth-order valence-corrected chi connectivity index (χ4v) is 2.56.